The van der Waals surface area contributed by atoms with Gasteiger partial charge in [0.05, 0.1) is 0 Å². The van der Waals surface area contributed by atoms with Gasteiger partial charge in [0.25, 0.3) is 0 Å². The molecule has 0 saturated heterocycles. The highest BCUT2D eigenvalue weighted by Gasteiger charge is 2.41. The summed E-state index contributed by atoms with van der Waals surface area (Å²) < 4.78 is 30.5. The van der Waals surface area contributed by atoms with Gasteiger partial charge >= 0.3 is 12.0 Å². The molecule has 0 aliphatic carbocycles. The Morgan fingerprint density at radius 3 is 2.11 bits per heavy atom. The van der Waals surface area contributed by atoms with Crippen molar-refractivity contribution in [2.24, 2.45) is 5.84 Å². The summed E-state index contributed by atoms with van der Waals surface area (Å²) in [5, 5.41) is 0. The van der Waals surface area contributed by atoms with Crippen LogP contribution in [0.1, 0.15) is 26.3 Å². The minimum Gasteiger partial charge on any atom is -0.425 e. The van der Waals surface area contributed by atoms with Gasteiger partial charge < -0.3 is 4.74 Å². The van der Waals surface area contributed by atoms with Gasteiger partial charge in [0.1, 0.15) is 5.75 Å². The Morgan fingerprint density at radius 2 is 1.72 bits per heavy atom. The van der Waals surface area contributed by atoms with Crippen LogP contribution >= 0.6 is 0 Å². The molecule has 0 aliphatic rings. The summed E-state index contributed by atoms with van der Waals surface area (Å²) >= 11 is 0. The van der Waals surface area contributed by atoms with Gasteiger partial charge in [0.2, 0.25) is 0 Å². The van der Waals surface area contributed by atoms with Crippen LogP contribution in [0.25, 0.3) is 0 Å². The van der Waals surface area contributed by atoms with E-state index in [1.165, 1.54) is 17.6 Å². The molecule has 1 aromatic carbocycles. The van der Waals surface area contributed by atoms with Gasteiger partial charge in [-0.05, 0) is 23.1 Å². The molecule has 0 saturated carbocycles. The van der Waals surface area contributed by atoms with Crippen LogP contribution < -0.4 is 16.0 Å². The molecule has 0 atom stereocenters. The van der Waals surface area contributed by atoms with Crippen molar-refractivity contribution in [3.05, 3.63) is 29.8 Å². The van der Waals surface area contributed by atoms with E-state index in [0.29, 0.717) is 0 Å². The van der Waals surface area contributed by atoms with Crippen molar-refractivity contribution < 1.29 is 18.3 Å². The molecule has 4 nitrogen and oxygen atoms in total. The van der Waals surface area contributed by atoms with Crippen molar-refractivity contribution in [1.29, 1.82) is 0 Å². The smallest absolute Gasteiger partial charge is 0.425 e. The van der Waals surface area contributed by atoms with Gasteiger partial charge in [0, 0.05) is 0 Å². The van der Waals surface area contributed by atoms with Gasteiger partial charge in [0.15, 0.2) is 0 Å². The molecule has 1 rings (SSSR count). The SMILES string of the molecule is CC(C)(C)c1ccc(OC(F)(F)C(=O)NN)cc1. The van der Waals surface area contributed by atoms with E-state index in [4.69, 9.17) is 0 Å². The Kier molecular flexibility index (Phi) is 3.91. The third-order valence-corrected chi connectivity index (χ3v) is 2.36. The normalized spacial score (nSPS) is 12.1. The second-order valence-corrected chi connectivity index (χ2v) is 4.87. The van der Waals surface area contributed by atoms with Crippen LogP contribution in [0.2, 0.25) is 0 Å². The van der Waals surface area contributed by atoms with E-state index in [-0.39, 0.29) is 11.2 Å². The van der Waals surface area contributed by atoms with E-state index in [2.05, 4.69) is 10.6 Å². The summed E-state index contributed by atoms with van der Waals surface area (Å²) in [6.45, 7) is 6.00. The Morgan fingerprint density at radius 1 is 1.22 bits per heavy atom. The van der Waals surface area contributed by atoms with Crippen LogP contribution in [-0.2, 0) is 10.2 Å². The highest BCUT2D eigenvalue weighted by molar-refractivity contribution is 5.81. The number of nitrogens with one attached hydrogen (secondary N) is 1. The topological polar surface area (TPSA) is 64.3 Å². The Bertz CT molecular complexity index is 425. The summed E-state index contributed by atoms with van der Waals surface area (Å²) in [5.74, 6) is 2.84. The van der Waals surface area contributed by atoms with Crippen molar-refractivity contribution in [2.75, 3.05) is 0 Å². The first-order valence-corrected chi connectivity index (χ1v) is 5.35. The lowest BCUT2D eigenvalue weighted by Crippen LogP contribution is -2.47. The van der Waals surface area contributed by atoms with Crippen LogP contribution in [0.15, 0.2) is 24.3 Å². The maximum Gasteiger partial charge on any atom is 0.483 e. The lowest BCUT2D eigenvalue weighted by atomic mass is 9.87. The fraction of sp³-hybridized carbons (Fsp3) is 0.417. The number of amides is 1. The zero-order valence-electron chi connectivity index (χ0n) is 10.5. The van der Waals surface area contributed by atoms with E-state index >= 15 is 0 Å². The standard InChI is InChI=1S/C12H16F2N2O2/c1-11(2,3)8-4-6-9(7-5-8)18-12(13,14)10(17)16-15/h4-7H,15H2,1-3H3,(H,16,17). The van der Waals surface area contributed by atoms with Crippen molar-refractivity contribution in [1.82, 2.24) is 5.43 Å². The number of alkyl halides is 2. The molecule has 3 N–H and O–H groups in total. The van der Waals surface area contributed by atoms with E-state index < -0.39 is 12.0 Å². The number of carbonyl (C=O) groups is 1. The number of hydrogen-bond acceptors (Lipinski definition) is 3. The number of benzene rings is 1. The summed E-state index contributed by atoms with van der Waals surface area (Å²) in [7, 11) is 0. The van der Waals surface area contributed by atoms with Gasteiger partial charge in [-0.3, -0.25) is 10.2 Å². The van der Waals surface area contributed by atoms with E-state index in [1.54, 1.807) is 12.1 Å². The minimum absolute atomic E-state index is 0.0876. The lowest BCUT2D eigenvalue weighted by Gasteiger charge is -2.20. The number of nitrogens with two attached hydrogens (primary N) is 1. The van der Waals surface area contributed by atoms with Crippen molar-refractivity contribution in [3.63, 3.8) is 0 Å². The van der Waals surface area contributed by atoms with E-state index in [1.807, 2.05) is 20.8 Å². The van der Waals surface area contributed by atoms with E-state index in [9.17, 15) is 13.6 Å². The average Bonchev–Trinajstić information content (AvgIpc) is 2.26. The molecule has 0 aromatic heterocycles. The maximum atomic E-state index is 13.1. The van der Waals surface area contributed by atoms with Crippen LogP contribution in [0, 0.1) is 0 Å². The first-order chi connectivity index (χ1) is 8.16. The molecule has 100 valence electrons. The number of hydrogen-bond donors (Lipinski definition) is 2. The number of rotatable bonds is 3. The largest absolute Gasteiger partial charge is 0.483 e. The molecule has 0 unspecified atom stereocenters. The highest BCUT2D eigenvalue weighted by Crippen LogP contribution is 2.26. The van der Waals surface area contributed by atoms with Crippen molar-refractivity contribution >= 4 is 5.91 Å². The minimum atomic E-state index is -3.99. The molecule has 0 heterocycles. The first-order valence-electron chi connectivity index (χ1n) is 5.35. The maximum absolute atomic E-state index is 13.1. The molecule has 0 bridgehead atoms. The molecule has 6 heteroatoms. The summed E-state index contributed by atoms with van der Waals surface area (Å²) in [6, 6.07) is 6.12. The third-order valence-electron chi connectivity index (χ3n) is 2.36. The van der Waals surface area contributed by atoms with Crippen LogP contribution in [0.3, 0.4) is 0 Å². The first kappa shape index (κ1) is 14.4. The molecule has 0 fully saturated rings. The molecule has 18 heavy (non-hydrogen) atoms. The summed E-state index contributed by atoms with van der Waals surface area (Å²) in [4.78, 5) is 10.8. The Balaban J connectivity index is 2.85. The number of ether oxygens (including phenoxy) is 1. The van der Waals surface area contributed by atoms with Crippen LogP contribution in [0.4, 0.5) is 8.78 Å². The zero-order valence-corrected chi connectivity index (χ0v) is 10.5. The number of hydrazine groups is 1. The zero-order chi connectivity index (χ0) is 14.0. The number of carbonyl (C=O) groups excluding carboxylic acids is 1. The molecular formula is C12H16F2N2O2. The van der Waals surface area contributed by atoms with Crippen LogP contribution in [0.5, 0.6) is 5.75 Å². The number of halogens is 2. The Hall–Kier alpha value is -1.69. The van der Waals surface area contributed by atoms with Crippen LogP contribution in [-0.4, -0.2) is 12.0 Å². The van der Waals surface area contributed by atoms with E-state index in [0.717, 1.165) is 5.56 Å². The van der Waals surface area contributed by atoms with Crippen molar-refractivity contribution in [2.45, 2.75) is 32.3 Å². The monoisotopic (exact) mass is 258 g/mol. The second-order valence-electron chi connectivity index (χ2n) is 4.87. The van der Waals surface area contributed by atoms with Gasteiger partial charge in [-0.2, -0.15) is 8.78 Å². The molecule has 0 aliphatic heterocycles. The van der Waals surface area contributed by atoms with Crippen molar-refractivity contribution in [3.8, 4) is 5.75 Å². The third kappa shape index (κ3) is 3.40. The quantitative estimate of drug-likeness (QED) is 0.495. The molecule has 0 spiro atoms. The Labute approximate surface area is 104 Å². The molecule has 1 aromatic rings. The predicted octanol–water partition coefficient (Wildman–Crippen LogP) is 1.95. The fourth-order valence-electron chi connectivity index (χ4n) is 1.30. The summed E-state index contributed by atoms with van der Waals surface area (Å²) in [5.41, 5.74) is 2.23. The molecule has 1 amide bonds. The second kappa shape index (κ2) is 4.89. The molecular weight excluding hydrogens is 242 g/mol. The van der Waals surface area contributed by atoms with Gasteiger partial charge in [-0.15, -0.1) is 0 Å². The lowest BCUT2D eigenvalue weighted by molar-refractivity contribution is -0.192. The molecule has 0 radical (unpaired) electrons. The highest BCUT2D eigenvalue weighted by atomic mass is 19.3. The average molecular weight is 258 g/mol. The van der Waals surface area contributed by atoms with Gasteiger partial charge in [-0.25, -0.2) is 5.84 Å². The fourth-order valence-corrected chi connectivity index (χ4v) is 1.30. The van der Waals surface area contributed by atoms with Gasteiger partial charge in [-0.1, -0.05) is 32.9 Å². The summed E-state index contributed by atoms with van der Waals surface area (Å²) in [6.07, 6.45) is -3.99. The predicted molar refractivity (Wildman–Crippen MR) is 63.0 cm³/mol.